The van der Waals surface area contributed by atoms with E-state index < -0.39 is 6.10 Å². The minimum absolute atomic E-state index is 0.198. The van der Waals surface area contributed by atoms with E-state index in [1.807, 2.05) is 19.1 Å². The number of nitrogens with zero attached hydrogens (tertiary/aromatic N) is 2. The van der Waals surface area contributed by atoms with Crippen molar-refractivity contribution in [3.8, 4) is 0 Å². The van der Waals surface area contributed by atoms with Gasteiger partial charge in [-0.3, -0.25) is 4.98 Å². The van der Waals surface area contributed by atoms with Crippen molar-refractivity contribution in [1.82, 2.24) is 4.98 Å². The van der Waals surface area contributed by atoms with E-state index in [0.29, 0.717) is 18.2 Å². The van der Waals surface area contributed by atoms with Crippen molar-refractivity contribution in [2.24, 2.45) is 0 Å². The van der Waals surface area contributed by atoms with Crippen LogP contribution in [0.5, 0.6) is 0 Å². The molecule has 0 saturated carbocycles. The van der Waals surface area contributed by atoms with E-state index in [1.54, 1.807) is 6.20 Å². The molecule has 1 rings (SSSR count). The molecule has 4 heteroatoms. The maximum absolute atomic E-state index is 9.70. The average Bonchev–Trinajstić information content (AvgIpc) is 2.38. The number of anilines is 1. The van der Waals surface area contributed by atoms with Gasteiger partial charge in [-0.2, -0.15) is 0 Å². The number of aromatic nitrogens is 1. The van der Waals surface area contributed by atoms with Crippen LogP contribution in [0.1, 0.15) is 45.4 Å². The smallest absolute Gasteiger partial charge is 0.0957 e. The topological polar surface area (TPSA) is 56.6 Å². The van der Waals surface area contributed by atoms with E-state index in [9.17, 15) is 5.11 Å². The second-order valence-electron chi connectivity index (χ2n) is 4.73. The molecule has 18 heavy (non-hydrogen) atoms. The van der Waals surface area contributed by atoms with Gasteiger partial charge in [-0.25, -0.2) is 0 Å². The number of pyridine rings is 1. The minimum atomic E-state index is -0.482. The summed E-state index contributed by atoms with van der Waals surface area (Å²) >= 11 is 0. The molecule has 0 fully saturated rings. The third kappa shape index (κ3) is 3.96. The molecule has 0 aromatic carbocycles. The first-order valence-electron chi connectivity index (χ1n) is 6.61. The molecule has 102 valence electrons. The number of rotatable bonds is 7. The highest BCUT2D eigenvalue weighted by molar-refractivity contribution is 5.45. The number of hydrogen-bond acceptors (Lipinski definition) is 4. The van der Waals surface area contributed by atoms with Crippen molar-refractivity contribution in [1.29, 1.82) is 0 Å². The van der Waals surface area contributed by atoms with Gasteiger partial charge in [0.1, 0.15) is 0 Å². The number of aliphatic hydroxyl groups is 2. The van der Waals surface area contributed by atoms with Crippen molar-refractivity contribution in [2.75, 3.05) is 18.1 Å². The number of aliphatic hydroxyl groups excluding tert-OH is 2. The van der Waals surface area contributed by atoms with Gasteiger partial charge in [-0.05, 0) is 38.8 Å². The first-order chi connectivity index (χ1) is 8.60. The van der Waals surface area contributed by atoms with Crippen LogP contribution >= 0.6 is 0 Å². The van der Waals surface area contributed by atoms with Crippen molar-refractivity contribution in [3.63, 3.8) is 0 Å². The van der Waals surface area contributed by atoms with Gasteiger partial charge in [0.25, 0.3) is 0 Å². The predicted molar refractivity (Wildman–Crippen MR) is 73.7 cm³/mol. The van der Waals surface area contributed by atoms with Gasteiger partial charge in [0, 0.05) is 19.2 Å². The van der Waals surface area contributed by atoms with Gasteiger partial charge < -0.3 is 15.1 Å². The Morgan fingerprint density at radius 1 is 1.33 bits per heavy atom. The fourth-order valence-electron chi connectivity index (χ4n) is 1.90. The summed E-state index contributed by atoms with van der Waals surface area (Å²) in [4.78, 5) is 6.51. The molecule has 0 aliphatic rings. The van der Waals surface area contributed by atoms with Crippen LogP contribution in [0.4, 0.5) is 5.69 Å². The lowest BCUT2D eigenvalue weighted by Crippen LogP contribution is -2.32. The Morgan fingerprint density at radius 2 is 2.06 bits per heavy atom. The Labute approximate surface area is 109 Å². The fraction of sp³-hybridized carbons (Fsp3) is 0.643. The molecular weight excluding hydrogens is 228 g/mol. The molecule has 0 spiro atoms. The van der Waals surface area contributed by atoms with E-state index >= 15 is 0 Å². The van der Waals surface area contributed by atoms with Gasteiger partial charge in [0.2, 0.25) is 0 Å². The van der Waals surface area contributed by atoms with Gasteiger partial charge in [0.05, 0.1) is 23.7 Å². The molecular formula is C14H24N2O2. The van der Waals surface area contributed by atoms with Crippen LogP contribution in [0.3, 0.4) is 0 Å². The Hall–Kier alpha value is -1.13. The molecule has 0 unspecified atom stereocenters. The summed E-state index contributed by atoms with van der Waals surface area (Å²) in [5, 5.41) is 18.6. The monoisotopic (exact) mass is 252 g/mol. The van der Waals surface area contributed by atoms with Crippen LogP contribution in [0, 0.1) is 0 Å². The molecule has 0 radical (unpaired) electrons. The second kappa shape index (κ2) is 7.34. The van der Waals surface area contributed by atoms with E-state index in [-0.39, 0.29) is 6.61 Å². The van der Waals surface area contributed by atoms with Crippen molar-refractivity contribution in [2.45, 2.75) is 45.8 Å². The summed E-state index contributed by atoms with van der Waals surface area (Å²) < 4.78 is 0. The minimum Gasteiger partial charge on any atom is -0.396 e. The van der Waals surface area contributed by atoms with Crippen LogP contribution < -0.4 is 4.90 Å². The average molecular weight is 252 g/mol. The summed E-state index contributed by atoms with van der Waals surface area (Å²) in [6.45, 7) is 7.18. The summed E-state index contributed by atoms with van der Waals surface area (Å²) in [5.41, 5.74) is 1.75. The number of hydrogen-bond donors (Lipinski definition) is 2. The Morgan fingerprint density at radius 3 is 2.50 bits per heavy atom. The summed E-state index contributed by atoms with van der Waals surface area (Å²) in [7, 11) is 0. The van der Waals surface area contributed by atoms with Crippen molar-refractivity contribution < 1.29 is 10.2 Å². The van der Waals surface area contributed by atoms with Crippen LogP contribution in [0.15, 0.2) is 18.3 Å². The quantitative estimate of drug-likeness (QED) is 0.780. The van der Waals surface area contributed by atoms with E-state index in [4.69, 9.17) is 5.11 Å². The highest BCUT2D eigenvalue weighted by Gasteiger charge is 2.12. The van der Waals surface area contributed by atoms with Crippen molar-refractivity contribution >= 4 is 5.69 Å². The summed E-state index contributed by atoms with van der Waals surface area (Å²) in [5.74, 6) is 0. The van der Waals surface area contributed by atoms with Gasteiger partial charge in [-0.1, -0.05) is 6.92 Å². The Kier molecular flexibility index (Phi) is 6.09. The van der Waals surface area contributed by atoms with E-state index in [2.05, 4.69) is 23.7 Å². The molecule has 2 N–H and O–H groups in total. The van der Waals surface area contributed by atoms with Crippen LogP contribution in [0.2, 0.25) is 0 Å². The zero-order chi connectivity index (χ0) is 13.5. The lowest BCUT2D eigenvalue weighted by Gasteiger charge is -2.28. The van der Waals surface area contributed by atoms with Crippen LogP contribution in [-0.4, -0.2) is 34.4 Å². The molecule has 0 saturated heterocycles. The highest BCUT2D eigenvalue weighted by atomic mass is 16.3. The molecule has 1 aromatic rings. The molecule has 0 aliphatic heterocycles. The van der Waals surface area contributed by atoms with Gasteiger partial charge in [0.15, 0.2) is 0 Å². The Balaban J connectivity index is 2.80. The first kappa shape index (κ1) is 14.9. The zero-order valence-corrected chi connectivity index (χ0v) is 11.5. The predicted octanol–water partition coefficient (Wildman–Crippen LogP) is 2.12. The lowest BCUT2D eigenvalue weighted by molar-refractivity contribution is 0.169. The van der Waals surface area contributed by atoms with Crippen LogP contribution in [-0.2, 0) is 0 Å². The van der Waals surface area contributed by atoms with Crippen molar-refractivity contribution in [3.05, 3.63) is 24.0 Å². The molecule has 1 atom stereocenters. The fourth-order valence-corrected chi connectivity index (χ4v) is 1.90. The van der Waals surface area contributed by atoms with Gasteiger partial charge >= 0.3 is 0 Å². The normalized spacial score (nSPS) is 12.8. The third-order valence-corrected chi connectivity index (χ3v) is 3.01. The van der Waals surface area contributed by atoms with E-state index in [0.717, 1.165) is 18.7 Å². The maximum atomic E-state index is 9.70. The second-order valence-corrected chi connectivity index (χ2v) is 4.73. The first-order valence-corrected chi connectivity index (χ1v) is 6.61. The third-order valence-electron chi connectivity index (χ3n) is 3.01. The van der Waals surface area contributed by atoms with Gasteiger partial charge in [-0.15, -0.1) is 0 Å². The molecule has 1 heterocycles. The van der Waals surface area contributed by atoms with Crippen LogP contribution in [0.25, 0.3) is 0 Å². The SMILES string of the molecule is CC[C@@H](O)c1ccc(N(CCCO)C(C)C)cn1. The molecule has 1 aromatic heterocycles. The zero-order valence-electron chi connectivity index (χ0n) is 11.5. The standard InChI is InChI=1S/C14H24N2O2/c1-4-14(18)13-7-6-12(10-15-13)16(11(2)3)8-5-9-17/h6-7,10-11,14,17-18H,4-5,8-9H2,1-3H3/t14-/m1/s1. The summed E-state index contributed by atoms with van der Waals surface area (Å²) in [6, 6.07) is 4.22. The molecule has 4 nitrogen and oxygen atoms in total. The largest absolute Gasteiger partial charge is 0.396 e. The van der Waals surface area contributed by atoms with E-state index in [1.165, 1.54) is 0 Å². The highest BCUT2D eigenvalue weighted by Crippen LogP contribution is 2.20. The lowest BCUT2D eigenvalue weighted by atomic mass is 10.1. The molecule has 0 aliphatic carbocycles. The molecule has 0 bridgehead atoms. The molecule has 0 amide bonds. The Bertz CT molecular complexity index is 338. The summed E-state index contributed by atoms with van der Waals surface area (Å²) in [6.07, 6.45) is 2.73. The maximum Gasteiger partial charge on any atom is 0.0957 e.